The van der Waals surface area contributed by atoms with Crippen LogP contribution in [0.4, 0.5) is 0 Å². The Morgan fingerprint density at radius 2 is 1.41 bits per heavy atom. The number of rotatable bonds is 8. The minimum absolute atomic E-state index is 0.294. The van der Waals surface area contributed by atoms with Crippen LogP contribution in [-0.4, -0.2) is 61.2 Å². The molecule has 1 aliphatic heterocycles. The minimum atomic E-state index is -1.15. The smallest absolute Gasteiger partial charge is 0.326 e. The standard InChI is InChI=1S/C24H24N2O6S2/c1-15(20(28)26-14-8-13-18(26)21(29)30)25-19(27)24(33-22(31)16-9-4-2-5-10-16)34-23(32)17-11-6-3-7-12-17/h2-7,9-12,15,18,24H,8,13-14H2,1H3,(H,25,27)(H,29,30)/t15-,18-/m0/s1. The first kappa shape index (κ1) is 25.5. The summed E-state index contributed by atoms with van der Waals surface area (Å²) in [6.45, 7) is 1.75. The average molecular weight is 501 g/mol. The normalized spacial score (nSPS) is 16.2. The molecular formula is C24H24N2O6S2. The monoisotopic (exact) mass is 500 g/mol. The molecule has 1 aliphatic rings. The zero-order valence-corrected chi connectivity index (χ0v) is 20.0. The summed E-state index contributed by atoms with van der Waals surface area (Å²) in [6, 6.07) is 14.8. The Labute approximate surface area is 205 Å². The molecule has 0 spiro atoms. The van der Waals surface area contributed by atoms with Crippen molar-refractivity contribution in [3.05, 3.63) is 71.8 Å². The zero-order chi connectivity index (χ0) is 24.7. The van der Waals surface area contributed by atoms with Gasteiger partial charge in [-0.2, -0.15) is 0 Å². The van der Waals surface area contributed by atoms with Crippen molar-refractivity contribution in [3.8, 4) is 0 Å². The van der Waals surface area contributed by atoms with Gasteiger partial charge in [-0.25, -0.2) is 4.79 Å². The summed E-state index contributed by atoms with van der Waals surface area (Å²) in [5.74, 6) is -2.28. The van der Waals surface area contributed by atoms with Gasteiger partial charge in [0.1, 0.15) is 16.7 Å². The number of carboxylic acid groups (broad SMARTS) is 1. The molecule has 10 heteroatoms. The number of carbonyl (C=O) groups is 5. The van der Waals surface area contributed by atoms with Crippen LogP contribution in [-0.2, 0) is 14.4 Å². The van der Waals surface area contributed by atoms with Crippen molar-refractivity contribution in [2.45, 2.75) is 36.4 Å². The summed E-state index contributed by atoms with van der Waals surface area (Å²) in [5.41, 5.74) is 0.757. The summed E-state index contributed by atoms with van der Waals surface area (Å²) < 4.78 is -1.15. The van der Waals surface area contributed by atoms with E-state index in [1.165, 1.54) is 11.8 Å². The molecule has 34 heavy (non-hydrogen) atoms. The number of thioether (sulfide) groups is 2. The molecule has 2 N–H and O–H groups in total. The van der Waals surface area contributed by atoms with Crippen LogP contribution in [0.2, 0.25) is 0 Å². The SMILES string of the molecule is C[C@H](NC(=O)C(SC(=O)c1ccccc1)SC(=O)c1ccccc1)C(=O)N1CCC[C@H]1C(=O)O. The maximum Gasteiger partial charge on any atom is 0.326 e. The first-order valence-electron chi connectivity index (χ1n) is 10.6. The van der Waals surface area contributed by atoms with Crippen LogP contribution in [0, 0.1) is 0 Å². The topological polar surface area (TPSA) is 121 Å². The number of carbonyl (C=O) groups excluding carboxylic acids is 4. The van der Waals surface area contributed by atoms with E-state index in [1.807, 2.05) is 0 Å². The molecule has 0 radical (unpaired) electrons. The number of hydrogen-bond acceptors (Lipinski definition) is 7. The molecule has 1 fully saturated rings. The fourth-order valence-electron chi connectivity index (χ4n) is 3.49. The number of carboxylic acids is 1. The van der Waals surface area contributed by atoms with Gasteiger partial charge >= 0.3 is 5.97 Å². The highest BCUT2D eigenvalue weighted by molar-refractivity contribution is 8.31. The Morgan fingerprint density at radius 1 is 0.912 bits per heavy atom. The molecule has 3 rings (SSSR count). The van der Waals surface area contributed by atoms with Gasteiger partial charge in [0.15, 0.2) is 0 Å². The number of nitrogens with one attached hydrogen (secondary N) is 1. The summed E-state index contributed by atoms with van der Waals surface area (Å²) in [6.07, 6.45) is 0.919. The fraction of sp³-hybridized carbons (Fsp3) is 0.292. The van der Waals surface area contributed by atoms with Gasteiger partial charge in [0, 0.05) is 17.7 Å². The third-order valence-corrected chi connectivity index (χ3v) is 7.54. The lowest BCUT2D eigenvalue weighted by atomic mass is 10.2. The molecule has 0 bridgehead atoms. The molecule has 8 nitrogen and oxygen atoms in total. The number of likely N-dealkylation sites (tertiary alicyclic amines) is 1. The molecule has 2 atom stereocenters. The van der Waals surface area contributed by atoms with Crippen molar-refractivity contribution in [1.29, 1.82) is 0 Å². The van der Waals surface area contributed by atoms with E-state index in [0.717, 1.165) is 0 Å². The van der Waals surface area contributed by atoms with Crippen molar-refractivity contribution in [2.24, 2.45) is 0 Å². The van der Waals surface area contributed by atoms with Gasteiger partial charge in [-0.05, 0) is 19.8 Å². The summed E-state index contributed by atoms with van der Waals surface area (Å²) in [4.78, 5) is 64.0. The molecule has 2 amide bonds. The lowest BCUT2D eigenvalue weighted by Gasteiger charge is -2.26. The summed E-state index contributed by atoms with van der Waals surface area (Å²) in [5, 5.41) is 11.1. The van der Waals surface area contributed by atoms with Crippen LogP contribution in [0.15, 0.2) is 60.7 Å². The Balaban J connectivity index is 1.73. The van der Waals surface area contributed by atoms with Gasteiger partial charge in [-0.15, -0.1) is 0 Å². The Bertz CT molecular complexity index is 1010. The lowest BCUT2D eigenvalue weighted by Crippen LogP contribution is -2.51. The van der Waals surface area contributed by atoms with Crippen LogP contribution in [0.1, 0.15) is 40.5 Å². The van der Waals surface area contributed by atoms with Gasteiger partial charge in [-0.1, -0.05) is 84.2 Å². The highest BCUT2D eigenvalue weighted by Gasteiger charge is 2.37. The molecule has 2 aromatic carbocycles. The third kappa shape index (κ3) is 6.48. The summed E-state index contributed by atoms with van der Waals surface area (Å²) in [7, 11) is 0. The Kier molecular flexibility index (Phi) is 8.89. The van der Waals surface area contributed by atoms with Crippen LogP contribution >= 0.6 is 23.5 Å². The molecule has 1 saturated heterocycles. The molecule has 0 aliphatic carbocycles. The highest BCUT2D eigenvalue weighted by atomic mass is 32.2. The van der Waals surface area contributed by atoms with Gasteiger partial charge < -0.3 is 15.3 Å². The predicted octanol–water partition coefficient (Wildman–Crippen LogP) is 3.04. The molecule has 0 unspecified atom stereocenters. The second kappa shape index (κ2) is 11.8. The number of hydrogen-bond donors (Lipinski definition) is 2. The van der Waals surface area contributed by atoms with Gasteiger partial charge in [-0.3, -0.25) is 19.2 Å². The second-order valence-corrected chi connectivity index (χ2v) is 10.1. The van der Waals surface area contributed by atoms with Crippen molar-refractivity contribution >= 4 is 51.5 Å². The lowest BCUT2D eigenvalue weighted by molar-refractivity contribution is -0.149. The average Bonchev–Trinajstić information content (AvgIpc) is 3.34. The van der Waals surface area contributed by atoms with Crippen molar-refractivity contribution < 1.29 is 29.1 Å². The van der Waals surface area contributed by atoms with Crippen molar-refractivity contribution in [2.75, 3.05) is 6.54 Å². The van der Waals surface area contributed by atoms with Gasteiger partial charge in [0.05, 0.1) is 0 Å². The zero-order valence-electron chi connectivity index (χ0n) is 18.4. The Hall–Kier alpha value is -3.11. The second-order valence-electron chi connectivity index (χ2n) is 7.63. The highest BCUT2D eigenvalue weighted by Crippen LogP contribution is 2.30. The number of amides is 2. The molecule has 178 valence electrons. The molecule has 1 heterocycles. The van der Waals surface area contributed by atoms with E-state index in [1.54, 1.807) is 60.7 Å². The minimum Gasteiger partial charge on any atom is -0.480 e. The van der Waals surface area contributed by atoms with E-state index in [0.29, 0.717) is 54.0 Å². The first-order chi connectivity index (χ1) is 16.3. The quantitative estimate of drug-likeness (QED) is 0.531. The first-order valence-corrected chi connectivity index (χ1v) is 12.4. The van der Waals surface area contributed by atoms with E-state index in [2.05, 4.69) is 5.32 Å². The molecule has 2 aromatic rings. The van der Waals surface area contributed by atoms with E-state index < -0.39 is 44.7 Å². The van der Waals surface area contributed by atoms with Crippen LogP contribution in [0.25, 0.3) is 0 Å². The van der Waals surface area contributed by atoms with E-state index >= 15 is 0 Å². The van der Waals surface area contributed by atoms with Crippen LogP contribution in [0.5, 0.6) is 0 Å². The van der Waals surface area contributed by atoms with Crippen LogP contribution in [0.3, 0.4) is 0 Å². The maximum absolute atomic E-state index is 13.1. The van der Waals surface area contributed by atoms with E-state index in [9.17, 15) is 29.1 Å². The molecule has 0 saturated carbocycles. The van der Waals surface area contributed by atoms with Crippen molar-refractivity contribution in [3.63, 3.8) is 0 Å². The Morgan fingerprint density at radius 3 is 1.88 bits per heavy atom. The van der Waals surface area contributed by atoms with Crippen molar-refractivity contribution in [1.82, 2.24) is 10.2 Å². The van der Waals surface area contributed by atoms with Gasteiger partial charge in [0.25, 0.3) is 0 Å². The number of benzene rings is 2. The fourth-order valence-corrected chi connectivity index (χ4v) is 5.49. The third-order valence-electron chi connectivity index (χ3n) is 5.21. The summed E-state index contributed by atoms with van der Waals surface area (Å²) >= 11 is 1.38. The maximum atomic E-state index is 13.1. The van der Waals surface area contributed by atoms with Gasteiger partial charge in [0.2, 0.25) is 22.0 Å². The number of nitrogens with zero attached hydrogens (tertiary/aromatic N) is 1. The predicted molar refractivity (Wildman–Crippen MR) is 130 cm³/mol. The van der Waals surface area contributed by atoms with E-state index in [4.69, 9.17) is 0 Å². The largest absolute Gasteiger partial charge is 0.480 e. The molecular weight excluding hydrogens is 476 g/mol. The van der Waals surface area contributed by atoms with Crippen LogP contribution < -0.4 is 5.32 Å². The van der Waals surface area contributed by atoms with E-state index in [-0.39, 0.29) is 0 Å². The molecule has 0 aromatic heterocycles. The number of aliphatic carboxylic acids is 1.